The van der Waals surface area contributed by atoms with Gasteiger partial charge in [0.25, 0.3) is 0 Å². The Morgan fingerprint density at radius 3 is 3.00 bits per heavy atom. The van der Waals surface area contributed by atoms with Gasteiger partial charge in [-0.1, -0.05) is 5.16 Å². The minimum Gasteiger partial charge on any atom is -0.461 e. The fraction of sp³-hybridized carbons (Fsp3) is 0.222. The Hall–Kier alpha value is -1.91. The maximum Gasteiger partial charge on any atom is 0.361 e. The lowest BCUT2D eigenvalue weighted by Gasteiger charge is -2.02. The van der Waals surface area contributed by atoms with Crippen LogP contribution in [-0.4, -0.2) is 28.5 Å². The summed E-state index contributed by atoms with van der Waals surface area (Å²) >= 11 is 0. The second-order valence-corrected chi connectivity index (χ2v) is 2.41. The molecular formula is C9H10N2O3. The molecule has 0 unspecified atom stereocenters. The second-order valence-electron chi connectivity index (χ2n) is 2.41. The first-order valence-electron chi connectivity index (χ1n) is 4.09. The molecule has 0 amide bonds. The van der Waals surface area contributed by atoms with Crippen LogP contribution < -0.4 is 0 Å². The Balaban J connectivity index is 2.89. The van der Waals surface area contributed by atoms with Crippen LogP contribution in [0.4, 0.5) is 0 Å². The minimum absolute atomic E-state index is 0.139. The number of hydrogen-bond acceptors (Lipinski definition) is 5. The maximum atomic E-state index is 11.2. The molecule has 0 bridgehead atoms. The average molecular weight is 194 g/mol. The van der Waals surface area contributed by atoms with Crippen LogP contribution in [0.5, 0.6) is 0 Å². The monoisotopic (exact) mass is 194 g/mol. The van der Waals surface area contributed by atoms with Crippen molar-refractivity contribution >= 4 is 11.7 Å². The molecule has 5 nitrogen and oxygen atoms in total. The van der Waals surface area contributed by atoms with Gasteiger partial charge in [0.05, 0.1) is 6.61 Å². The smallest absolute Gasteiger partial charge is 0.361 e. The summed E-state index contributed by atoms with van der Waals surface area (Å²) in [5, 5.41) is 11.5. The zero-order valence-electron chi connectivity index (χ0n) is 7.67. The number of nitrogens with zero attached hydrogens (tertiary/aromatic N) is 2. The number of carbonyl (C=O) groups is 1. The first-order valence-corrected chi connectivity index (χ1v) is 4.09. The predicted octanol–water partition coefficient (Wildman–Crippen LogP) is 0.823. The molecule has 74 valence electrons. The summed E-state index contributed by atoms with van der Waals surface area (Å²) in [6.45, 7) is 1.91. The molecule has 0 aliphatic carbocycles. The van der Waals surface area contributed by atoms with Crippen molar-refractivity contribution in [2.75, 3.05) is 6.61 Å². The van der Waals surface area contributed by atoms with E-state index in [1.165, 1.54) is 6.20 Å². The largest absolute Gasteiger partial charge is 0.461 e. The maximum absolute atomic E-state index is 11.2. The van der Waals surface area contributed by atoms with Crippen molar-refractivity contribution in [1.29, 1.82) is 0 Å². The number of aromatic nitrogens is 1. The molecule has 0 saturated heterocycles. The average Bonchev–Trinajstić information content (AvgIpc) is 2.21. The lowest BCUT2D eigenvalue weighted by Crippen LogP contribution is -2.18. The molecule has 5 heteroatoms. The van der Waals surface area contributed by atoms with Crippen molar-refractivity contribution < 1.29 is 14.7 Å². The van der Waals surface area contributed by atoms with E-state index in [1.807, 2.05) is 0 Å². The molecule has 0 atom stereocenters. The summed E-state index contributed by atoms with van der Waals surface area (Å²) < 4.78 is 4.69. The quantitative estimate of drug-likeness (QED) is 0.334. The molecule has 0 aliphatic heterocycles. The van der Waals surface area contributed by atoms with Gasteiger partial charge in [-0.3, -0.25) is 4.98 Å². The second kappa shape index (κ2) is 4.96. The van der Waals surface area contributed by atoms with Crippen LogP contribution in [0.1, 0.15) is 12.5 Å². The van der Waals surface area contributed by atoms with Gasteiger partial charge in [-0.2, -0.15) is 0 Å². The van der Waals surface area contributed by atoms with Crippen LogP contribution in [0.15, 0.2) is 29.7 Å². The van der Waals surface area contributed by atoms with Crippen LogP contribution in [0.2, 0.25) is 0 Å². The minimum atomic E-state index is -0.664. The topological polar surface area (TPSA) is 71.8 Å². The van der Waals surface area contributed by atoms with Gasteiger partial charge in [-0.05, 0) is 19.1 Å². The van der Waals surface area contributed by atoms with Gasteiger partial charge >= 0.3 is 5.97 Å². The summed E-state index contributed by atoms with van der Waals surface area (Å²) in [6, 6.07) is 3.25. The number of hydrogen-bond donors (Lipinski definition) is 1. The number of carbonyl (C=O) groups excluding carboxylic acids is 1. The van der Waals surface area contributed by atoms with Crippen LogP contribution in [-0.2, 0) is 9.53 Å². The van der Waals surface area contributed by atoms with E-state index in [4.69, 9.17) is 9.94 Å². The Morgan fingerprint density at radius 2 is 2.50 bits per heavy atom. The van der Waals surface area contributed by atoms with Gasteiger partial charge < -0.3 is 9.94 Å². The third-order valence-electron chi connectivity index (χ3n) is 1.50. The van der Waals surface area contributed by atoms with E-state index in [0.717, 1.165) is 0 Å². The molecule has 0 spiro atoms. The number of pyridine rings is 1. The van der Waals surface area contributed by atoms with E-state index < -0.39 is 5.97 Å². The summed E-state index contributed by atoms with van der Waals surface area (Å²) in [7, 11) is 0. The Labute approximate surface area is 81.0 Å². The first kappa shape index (κ1) is 10.2. The Kier molecular flexibility index (Phi) is 3.60. The SMILES string of the molecule is CCOC(=O)C(=NO)c1cccnc1. The van der Waals surface area contributed by atoms with Crippen LogP contribution in [0.25, 0.3) is 0 Å². The molecule has 1 N–H and O–H groups in total. The highest BCUT2D eigenvalue weighted by Crippen LogP contribution is 2.00. The van der Waals surface area contributed by atoms with Gasteiger partial charge in [-0.25, -0.2) is 4.79 Å². The highest BCUT2D eigenvalue weighted by atomic mass is 16.5. The number of rotatable bonds is 3. The van der Waals surface area contributed by atoms with Gasteiger partial charge in [0, 0.05) is 18.0 Å². The van der Waals surface area contributed by atoms with Crippen molar-refractivity contribution in [3.8, 4) is 0 Å². The van der Waals surface area contributed by atoms with Crippen molar-refractivity contribution in [2.24, 2.45) is 5.16 Å². The third kappa shape index (κ3) is 2.29. The van der Waals surface area contributed by atoms with Crippen LogP contribution >= 0.6 is 0 Å². The highest BCUT2D eigenvalue weighted by Gasteiger charge is 2.15. The molecule has 0 saturated carbocycles. The fourth-order valence-corrected chi connectivity index (χ4v) is 0.919. The Bertz CT molecular complexity index is 335. The lowest BCUT2D eigenvalue weighted by molar-refractivity contribution is -0.135. The highest BCUT2D eigenvalue weighted by molar-refractivity contribution is 6.43. The van der Waals surface area contributed by atoms with Crippen molar-refractivity contribution in [1.82, 2.24) is 4.98 Å². The zero-order valence-corrected chi connectivity index (χ0v) is 7.67. The summed E-state index contributed by atoms with van der Waals surface area (Å²) in [5.41, 5.74) is 0.286. The van der Waals surface area contributed by atoms with E-state index in [-0.39, 0.29) is 12.3 Å². The predicted molar refractivity (Wildman–Crippen MR) is 49.2 cm³/mol. The molecule has 1 aromatic heterocycles. The van der Waals surface area contributed by atoms with Crippen LogP contribution in [0, 0.1) is 0 Å². The van der Waals surface area contributed by atoms with E-state index >= 15 is 0 Å². The third-order valence-corrected chi connectivity index (χ3v) is 1.50. The molecule has 1 rings (SSSR count). The van der Waals surface area contributed by atoms with Gasteiger partial charge in [0.1, 0.15) is 0 Å². The number of esters is 1. The van der Waals surface area contributed by atoms with E-state index in [2.05, 4.69) is 10.1 Å². The van der Waals surface area contributed by atoms with Gasteiger partial charge in [-0.15, -0.1) is 0 Å². The summed E-state index contributed by atoms with van der Waals surface area (Å²) in [6.07, 6.45) is 2.98. The summed E-state index contributed by atoms with van der Waals surface area (Å²) in [5.74, 6) is -0.664. The molecule has 14 heavy (non-hydrogen) atoms. The van der Waals surface area contributed by atoms with Crippen molar-refractivity contribution in [2.45, 2.75) is 6.92 Å². The van der Waals surface area contributed by atoms with E-state index in [9.17, 15) is 4.79 Å². The van der Waals surface area contributed by atoms with E-state index in [1.54, 1.807) is 25.3 Å². The molecule has 1 aromatic rings. The number of ether oxygens (including phenoxy) is 1. The van der Waals surface area contributed by atoms with Crippen molar-refractivity contribution in [3.05, 3.63) is 30.1 Å². The normalized spacial score (nSPS) is 11.1. The molecular weight excluding hydrogens is 184 g/mol. The Morgan fingerprint density at radius 1 is 1.71 bits per heavy atom. The van der Waals surface area contributed by atoms with Crippen LogP contribution in [0.3, 0.4) is 0 Å². The standard InChI is InChI=1S/C9H10N2O3/c1-2-14-9(12)8(11-13)7-4-3-5-10-6-7/h3-6,13H,2H2,1H3. The molecule has 0 radical (unpaired) electrons. The fourth-order valence-electron chi connectivity index (χ4n) is 0.919. The van der Waals surface area contributed by atoms with Gasteiger partial charge in [0.15, 0.2) is 5.71 Å². The van der Waals surface area contributed by atoms with Crippen molar-refractivity contribution in [3.63, 3.8) is 0 Å². The van der Waals surface area contributed by atoms with Gasteiger partial charge in [0.2, 0.25) is 0 Å². The first-order chi connectivity index (χ1) is 6.79. The lowest BCUT2D eigenvalue weighted by atomic mass is 10.2. The molecule has 0 fully saturated rings. The van der Waals surface area contributed by atoms with E-state index in [0.29, 0.717) is 5.56 Å². The molecule has 1 heterocycles. The molecule has 0 aromatic carbocycles. The summed E-state index contributed by atoms with van der Waals surface area (Å²) in [4.78, 5) is 15.0. The zero-order chi connectivity index (χ0) is 10.4. The number of oxime groups is 1. The molecule has 0 aliphatic rings.